The number of hydrogen-bond donors (Lipinski definition) is 3. The Morgan fingerprint density at radius 2 is 1.53 bits per heavy atom. The van der Waals surface area contributed by atoms with Crippen LogP contribution in [-0.4, -0.2) is 14.8 Å². The normalized spacial score (nSPS) is 19.9. The Morgan fingerprint density at radius 1 is 0.766 bits per heavy atom. The molecule has 4 N–H and O–H groups in total. The van der Waals surface area contributed by atoms with E-state index in [-0.39, 0.29) is 16.9 Å². The molecule has 0 fully saturated rings. The molecule has 6 aromatic rings. The van der Waals surface area contributed by atoms with E-state index in [0.29, 0.717) is 5.56 Å². The molecule has 10 rings (SSSR count). The Balaban J connectivity index is 0.000000810. The Morgan fingerprint density at radius 3 is 2.23 bits per heavy atom. The summed E-state index contributed by atoms with van der Waals surface area (Å²) < 4.78 is 2.34. The molecule has 4 nitrogen and oxygen atoms in total. The number of para-hydroxylation sites is 1. The standard InChI is InChI=1S/C54H48N2O2.C6H10/c1-7-14-44-38(8-2)39-17-12-13-18-45(39)54(44)46-29-36(55)21-23-40(46)41-25-26-53(6,30-47(41)54)35-20-24-48-43(28-35)42-22-19-34(27-49(42)56(48)37-15-10-9-11-16-37)50-31(3)32(4)51(57)33(5)52(50)58;1-4-5-6(2)3/h7-11,14-25,27-30,57-58H,2,12-13,26,55H2,1,3-6H3;4-5H,2H2,1,3H3/b14-7-;5-4-. The molecule has 1 heterocycles. The molecule has 4 heteroatoms. The topological polar surface area (TPSA) is 71.4 Å². The second kappa shape index (κ2) is 15.9. The van der Waals surface area contributed by atoms with E-state index in [1.165, 1.54) is 55.5 Å². The number of nitrogens with zero attached hydrogens (tertiary/aromatic N) is 1. The van der Waals surface area contributed by atoms with E-state index in [9.17, 15) is 10.2 Å². The maximum atomic E-state index is 11.4. The van der Waals surface area contributed by atoms with Crippen LogP contribution in [0.4, 0.5) is 5.69 Å². The molecule has 64 heavy (non-hydrogen) atoms. The largest absolute Gasteiger partial charge is 0.507 e. The van der Waals surface area contributed by atoms with Gasteiger partial charge < -0.3 is 20.5 Å². The van der Waals surface area contributed by atoms with Crippen molar-refractivity contribution < 1.29 is 10.2 Å². The number of phenols is 2. The molecule has 5 aromatic carbocycles. The molecule has 2 unspecified atom stereocenters. The third-order valence-corrected chi connectivity index (χ3v) is 14.1. The first-order chi connectivity index (χ1) is 30.8. The van der Waals surface area contributed by atoms with Crippen LogP contribution in [0.5, 0.6) is 11.5 Å². The molecule has 2 atom stereocenters. The fourth-order valence-electron chi connectivity index (χ4n) is 11.0. The molecule has 4 aliphatic carbocycles. The Labute approximate surface area is 378 Å². The molecule has 0 saturated heterocycles. The fourth-order valence-corrected chi connectivity index (χ4v) is 11.0. The molecular formula is C60H58N2O2. The number of phenolic OH excluding ortho intramolecular Hbond substituents is 2. The van der Waals surface area contributed by atoms with Gasteiger partial charge in [0.25, 0.3) is 0 Å². The van der Waals surface area contributed by atoms with Crippen LogP contribution < -0.4 is 5.73 Å². The summed E-state index contributed by atoms with van der Waals surface area (Å²) in [4.78, 5) is 0. The molecule has 0 bridgehead atoms. The molecule has 0 amide bonds. The van der Waals surface area contributed by atoms with Gasteiger partial charge >= 0.3 is 0 Å². The number of anilines is 1. The predicted octanol–water partition coefficient (Wildman–Crippen LogP) is 15.1. The van der Waals surface area contributed by atoms with E-state index in [1.54, 1.807) is 6.92 Å². The van der Waals surface area contributed by atoms with Crippen LogP contribution >= 0.6 is 0 Å². The van der Waals surface area contributed by atoms with E-state index in [2.05, 4.69) is 147 Å². The quantitative estimate of drug-likeness (QED) is 0.116. The average molecular weight is 839 g/mol. The van der Waals surface area contributed by atoms with Gasteiger partial charge in [0, 0.05) is 38.7 Å². The maximum Gasteiger partial charge on any atom is 0.130 e. The SMILES string of the molecule is C=C(C)/C=C\C.C=CC1=C(/C=C\C)C2(C3=CCCC=C31)C1=CC(C)(c3ccc4c(c3)c3ccc(-c5c(C)c(C)c(O)c(C)c5O)cc3n4-c3ccccc3)CC=C1c1ccc(N)cc12. The lowest BCUT2D eigenvalue weighted by molar-refractivity contribution is 0.441. The van der Waals surface area contributed by atoms with Crippen molar-refractivity contribution in [1.29, 1.82) is 0 Å². The van der Waals surface area contributed by atoms with E-state index < -0.39 is 5.41 Å². The number of allylic oxidation sites excluding steroid dienone is 16. The van der Waals surface area contributed by atoms with Gasteiger partial charge in [0.1, 0.15) is 11.5 Å². The molecule has 0 aliphatic heterocycles. The van der Waals surface area contributed by atoms with Crippen LogP contribution in [0.15, 0.2) is 186 Å². The van der Waals surface area contributed by atoms with Crippen molar-refractivity contribution in [2.24, 2.45) is 0 Å². The minimum atomic E-state index is -0.487. The van der Waals surface area contributed by atoms with Gasteiger partial charge in [-0.25, -0.2) is 0 Å². The third kappa shape index (κ3) is 6.25. The summed E-state index contributed by atoms with van der Waals surface area (Å²) in [5, 5.41) is 24.5. The summed E-state index contributed by atoms with van der Waals surface area (Å²) in [7, 11) is 0. The molecule has 1 aromatic heterocycles. The molecule has 0 saturated carbocycles. The van der Waals surface area contributed by atoms with Gasteiger partial charge in [-0.3, -0.25) is 0 Å². The van der Waals surface area contributed by atoms with Crippen molar-refractivity contribution in [3.05, 3.63) is 220 Å². The second-order valence-electron chi connectivity index (χ2n) is 18.1. The first kappa shape index (κ1) is 42.3. The lowest BCUT2D eigenvalue weighted by atomic mass is 9.64. The zero-order chi connectivity index (χ0) is 45.2. The summed E-state index contributed by atoms with van der Waals surface area (Å²) in [6.45, 7) is 22.1. The monoisotopic (exact) mass is 838 g/mol. The number of aromatic hydroxyl groups is 2. The van der Waals surface area contributed by atoms with Gasteiger partial charge in [0.2, 0.25) is 0 Å². The Bertz CT molecular complexity index is 3180. The predicted molar refractivity (Wildman–Crippen MR) is 271 cm³/mol. The van der Waals surface area contributed by atoms with Crippen LogP contribution in [0, 0.1) is 20.8 Å². The van der Waals surface area contributed by atoms with E-state index in [0.717, 1.165) is 74.9 Å². The van der Waals surface area contributed by atoms with Crippen LogP contribution in [0.25, 0.3) is 44.2 Å². The zero-order valence-corrected chi connectivity index (χ0v) is 38.2. The number of nitrogen functional groups attached to an aromatic ring is 1. The number of fused-ring (bicyclic) bond motifs is 10. The lowest BCUT2D eigenvalue weighted by Crippen LogP contribution is -2.31. The van der Waals surface area contributed by atoms with Gasteiger partial charge in [-0.1, -0.05) is 123 Å². The number of nitrogens with two attached hydrogens (primary N) is 1. The first-order valence-electron chi connectivity index (χ1n) is 22.5. The van der Waals surface area contributed by atoms with E-state index >= 15 is 0 Å². The summed E-state index contributed by atoms with van der Waals surface area (Å²) in [5.41, 5.74) is 26.3. The highest BCUT2D eigenvalue weighted by atomic mass is 16.3. The van der Waals surface area contributed by atoms with Gasteiger partial charge in [0.15, 0.2) is 0 Å². The van der Waals surface area contributed by atoms with Crippen molar-refractivity contribution >= 4 is 33.1 Å². The smallest absolute Gasteiger partial charge is 0.130 e. The Hall–Kier alpha value is -7.04. The van der Waals surface area contributed by atoms with Crippen molar-refractivity contribution in [2.45, 2.75) is 78.6 Å². The van der Waals surface area contributed by atoms with Gasteiger partial charge in [0.05, 0.1) is 16.4 Å². The van der Waals surface area contributed by atoms with Crippen LogP contribution in [-0.2, 0) is 10.8 Å². The maximum absolute atomic E-state index is 11.4. The second-order valence-corrected chi connectivity index (χ2v) is 18.1. The summed E-state index contributed by atoms with van der Waals surface area (Å²) in [6, 6.07) is 30.5. The summed E-state index contributed by atoms with van der Waals surface area (Å²) in [6.07, 6.45) is 23.3. The third-order valence-electron chi connectivity index (χ3n) is 14.1. The summed E-state index contributed by atoms with van der Waals surface area (Å²) >= 11 is 0. The van der Waals surface area contributed by atoms with Crippen LogP contribution in [0.1, 0.15) is 80.3 Å². The lowest BCUT2D eigenvalue weighted by Gasteiger charge is -2.38. The first-order valence-corrected chi connectivity index (χ1v) is 22.5. The van der Waals surface area contributed by atoms with Crippen molar-refractivity contribution in [3.63, 3.8) is 0 Å². The molecule has 320 valence electrons. The average Bonchev–Trinajstić information content (AvgIpc) is 3.88. The minimum Gasteiger partial charge on any atom is -0.507 e. The van der Waals surface area contributed by atoms with Gasteiger partial charge in [-0.05, 0) is 170 Å². The minimum absolute atomic E-state index is 0.117. The molecule has 0 radical (unpaired) electrons. The highest BCUT2D eigenvalue weighted by molar-refractivity contribution is 6.11. The molecular weight excluding hydrogens is 781 g/mol. The number of benzene rings is 5. The van der Waals surface area contributed by atoms with Crippen molar-refractivity contribution in [2.75, 3.05) is 5.73 Å². The molecule has 1 spiro atoms. The fraction of sp³-hybridized carbons (Fsp3) is 0.200. The number of hydrogen-bond acceptors (Lipinski definition) is 3. The van der Waals surface area contributed by atoms with Gasteiger partial charge in [-0.15, -0.1) is 0 Å². The highest BCUT2D eigenvalue weighted by Gasteiger charge is 2.56. The van der Waals surface area contributed by atoms with Crippen LogP contribution in [0.3, 0.4) is 0 Å². The van der Waals surface area contributed by atoms with Crippen molar-refractivity contribution in [1.82, 2.24) is 4.57 Å². The summed E-state index contributed by atoms with van der Waals surface area (Å²) in [5.74, 6) is 0.261. The van der Waals surface area contributed by atoms with Gasteiger partial charge in [-0.2, -0.15) is 0 Å². The van der Waals surface area contributed by atoms with E-state index in [4.69, 9.17) is 5.73 Å². The van der Waals surface area contributed by atoms with E-state index in [1.807, 2.05) is 52.0 Å². The highest BCUT2D eigenvalue weighted by Crippen LogP contribution is 2.67. The molecule has 4 aliphatic rings. The zero-order valence-electron chi connectivity index (χ0n) is 38.2. The number of aromatic nitrogens is 1. The Kier molecular flexibility index (Phi) is 10.5. The van der Waals surface area contributed by atoms with Crippen LogP contribution in [0.2, 0.25) is 0 Å². The van der Waals surface area contributed by atoms with Crippen molar-refractivity contribution in [3.8, 4) is 28.3 Å². The number of rotatable bonds is 6.